The molecule has 2 atom stereocenters. The van der Waals surface area contributed by atoms with Crippen molar-refractivity contribution in [3.63, 3.8) is 0 Å². The van der Waals surface area contributed by atoms with Crippen molar-refractivity contribution in [2.45, 2.75) is 44.9 Å². The predicted octanol–water partition coefficient (Wildman–Crippen LogP) is 4.32. The van der Waals surface area contributed by atoms with E-state index in [1.54, 1.807) is 12.1 Å². The highest BCUT2D eigenvalue weighted by atomic mass is 32.2. The quantitative estimate of drug-likeness (QED) is 0.833. The molecule has 0 spiro atoms. The summed E-state index contributed by atoms with van der Waals surface area (Å²) in [5, 5.41) is 6.31. The van der Waals surface area contributed by atoms with Crippen molar-refractivity contribution >= 4 is 26.5 Å². The smallest absolute Gasteiger partial charge is 0.200 e. The Kier molecular flexibility index (Phi) is 3.52. The molecule has 2 aliphatic rings. The van der Waals surface area contributed by atoms with E-state index in [2.05, 4.69) is 30.7 Å². The van der Waals surface area contributed by atoms with Gasteiger partial charge in [0.25, 0.3) is 10.0 Å². The first-order valence-electron chi connectivity index (χ1n) is 8.82. The molecule has 0 aromatic heterocycles. The van der Waals surface area contributed by atoms with E-state index in [-0.39, 0.29) is 15.7 Å². The van der Waals surface area contributed by atoms with Crippen molar-refractivity contribution < 1.29 is 8.42 Å². The fraction of sp³-hybridized carbons (Fsp3) is 0.450. The predicted molar refractivity (Wildman–Crippen MR) is 101 cm³/mol. The van der Waals surface area contributed by atoms with E-state index >= 15 is 0 Å². The molecule has 25 heavy (non-hydrogen) atoms. The second-order valence-electron chi connectivity index (χ2n) is 8.16. The van der Waals surface area contributed by atoms with E-state index in [1.807, 2.05) is 30.3 Å². The van der Waals surface area contributed by atoms with Gasteiger partial charge in [-0.3, -0.25) is 0 Å². The summed E-state index contributed by atoms with van der Waals surface area (Å²) in [7, 11) is -3.66. The van der Waals surface area contributed by atoms with Crippen molar-refractivity contribution in [1.29, 1.82) is 0 Å². The van der Waals surface area contributed by atoms with Crippen LogP contribution < -0.4 is 4.83 Å². The van der Waals surface area contributed by atoms with Gasteiger partial charge in [0.05, 0.1) is 4.90 Å². The monoisotopic (exact) mass is 356 g/mol. The van der Waals surface area contributed by atoms with Crippen LogP contribution >= 0.6 is 0 Å². The highest BCUT2D eigenvalue weighted by Crippen LogP contribution is 2.63. The van der Waals surface area contributed by atoms with Crippen LogP contribution in [-0.2, 0) is 10.0 Å². The summed E-state index contributed by atoms with van der Waals surface area (Å²) in [6.07, 6.45) is 3.19. The summed E-state index contributed by atoms with van der Waals surface area (Å²) in [6.45, 7) is 6.79. The van der Waals surface area contributed by atoms with Crippen molar-refractivity contribution in [3.05, 3.63) is 42.5 Å². The minimum Gasteiger partial charge on any atom is -0.200 e. The summed E-state index contributed by atoms with van der Waals surface area (Å²) < 4.78 is 25.4. The fourth-order valence-corrected chi connectivity index (χ4v) is 5.47. The molecular weight excluding hydrogens is 332 g/mol. The Morgan fingerprint density at radius 3 is 2.44 bits per heavy atom. The Labute approximate surface area is 149 Å². The van der Waals surface area contributed by atoms with Gasteiger partial charge in [-0.2, -0.15) is 13.5 Å². The Balaban J connectivity index is 1.64. The van der Waals surface area contributed by atoms with Gasteiger partial charge < -0.3 is 0 Å². The van der Waals surface area contributed by atoms with Crippen molar-refractivity contribution in [1.82, 2.24) is 4.83 Å². The standard InChI is InChI=1S/C20H24N2O2S/c1-19(2)16-10-11-20(19,3)18(13-16)21-22-25(23,24)17-9-8-14-6-4-5-7-15(14)12-17/h4-9,12,16,22H,10-11,13H2,1-3H3/b21-18-. The van der Waals surface area contributed by atoms with Gasteiger partial charge in [-0.05, 0) is 53.5 Å². The first-order valence-corrected chi connectivity index (χ1v) is 10.3. The maximum atomic E-state index is 12.7. The molecule has 2 unspecified atom stereocenters. The van der Waals surface area contributed by atoms with Gasteiger partial charge in [0.15, 0.2) is 0 Å². The average Bonchev–Trinajstić information content (AvgIpc) is 2.93. The van der Waals surface area contributed by atoms with E-state index in [0.29, 0.717) is 5.92 Å². The fourth-order valence-electron chi connectivity index (χ4n) is 4.60. The molecule has 2 fully saturated rings. The van der Waals surface area contributed by atoms with Gasteiger partial charge in [-0.25, -0.2) is 4.83 Å². The SMILES string of the molecule is CC12CCC(C/C1=N/NS(=O)(=O)c1ccc3ccccc3c1)C2(C)C. The highest BCUT2D eigenvalue weighted by molar-refractivity contribution is 7.89. The van der Waals surface area contributed by atoms with Crippen LogP contribution in [0.5, 0.6) is 0 Å². The molecule has 4 rings (SSSR count). The topological polar surface area (TPSA) is 58.5 Å². The largest absolute Gasteiger partial charge is 0.276 e. The number of fused-ring (bicyclic) bond motifs is 3. The molecular formula is C20H24N2O2S. The first kappa shape index (κ1) is 16.6. The molecule has 0 amide bonds. The van der Waals surface area contributed by atoms with Crippen LogP contribution in [0.25, 0.3) is 10.8 Å². The lowest BCUT2D eigenvalue weighted by atomic mass is 9.70. The summed E-state index contributed by atoms with van der Waals surface area (Å²) in [4.78, 5) is 2.74. The van der Waals surface area contributed by atoms with Crippen LogP contribution in [0.1, 0.15) is 40.0 Å². The zero-order chi connectivity index (χ0) is 17.9. The third kappa shape index (κ3) is 2.40. The normalized spacial score (nSPS) is 29.4. The molecule has 5 heteroatoms. The molecule has 0 aliphatic heterocycles. The number of hydrogen-bond donors (Lipinski definition) is 1. The number of hydrogen-bond acceptors (Lipinski definition) is 3. The lowest BCUT2D eigenvalue weighted by Gasteiger charge is -2.34. The van der Waals surface area contributed by atoms with Crippen molar-refractivity contribution in [3.8, 4) is 0 Å². The summed E-state index contributed by atoms with van der Waals surface area (Å²) in [6, 6.07) is 12.9. The van der Waals surface area contributed by atoms with Gasteiger partial charge in [0.1, 0.15) is 0 Å². The van der Waals surface area contributed by atoms with Gasteiger partial charge in [0.2, 0.25) is 0 Å². The van der Waals surface area contributed by atoms with Crippen LogP contribution in [0.3, 0.4) is 0 Å². The zero-order valence-electron chi connectivity index (χ0n) is 14.9. The minimum atomic E-state index is -3.66. The van der Waals surface area contributed by atoms with Crippen molar-refractivity contribution in [2.75, 3.05) is 0 Å². The lowest BCUT2D eigenvalue weighted by molar-refractivity contribution is 0.193. The van der Waals surface area contributed by atoms with Gasteiger partial charge in [0, 0.05) is 11.1 Å². The molecule has 132 valence electrons. The van der Waals surface area contributed by atoms with E-state index in [1.165, 1.54) is 6.42 Å². The van der Waals surface area contributed by atoms with E-state index in [9.17, 15) is 8.42 Å². The van der Waals surface area contributed by atoms with Crippen LogP contribution in [0.2, 0.25) is 0 Å². The first-order chi connectivity index (χ1) is 11.7. The number of hydrazone groups is 1. The maximum Gasteiger partial charge on any atom is 0.276 e. The average molecular weight is 356 g/mol. The van der Waals surface area contributed by atoms with Gasteiger partial charge in [-0.1, -0.05) is 51.1 Å². The summed E-state index contributed by atoms with van der Waals surface area (Å²) in [5.74, 6) is 0.599. The van der Waals surface area contributed by atoms with Crippen molar-refractivity contribution in [2.24, 2.45) is 21.8 Å². The summed E-state index contributed by atoms with van der Waals surface area (Å²) in [5.41, 5.74) is 1.17. The Morgan fingerprint density at radius 1 is 1.08 bits per heavy atom. The summed E-state index contributed by atoms with van der Waals surface area (Å²) >= 11 is 0. The lowest BCUT2D eigenvalue weighted by Crippen LogP contribution is -2.34. The maximum absolute atomic E-state index is 12.7. The number of nitrogens with zero attached hydrogens (tertiary/aromatic N) is 1. The molecule has 0 saturated heterocycles. The van der Waals surface area contributed by atoms with E-state index in [0.717, 1.165) is 29.3 Å². The number of nitrogens with one attached hydrogen (secondary N) is 1. The molecule has 1 N–H and O–H groups in total. The molecule has 2 aliphatic carbocycles. The number of rotatable bonds is 3. The zero-order valence-corrected chi connectivity index (χ0v) is 15.7. The number of benzene rings is 2. The van der Waals surface area contributed by atoms with Crippen LogP contribution in [0.4, 0.5) is 0 Å². The third-order valence-corrected chi connectivity index (χ3v) is 8.05. The molecule has 0 radical (unpaired) electrons. The Morgan fingerprint density at radius 2 is 1.80 bits per heavy atom. The Bertz CT molecular complexity index is 978. The Hall–Kier alpha value is -1.88. The highest BCUT2D eigenvalue weighted by Gasteiger charge is 2.60. The second kappa shape index (κ2) is 5.31. The van der Waals surface area contributed by atoms with E-state index in [4.69, 9.17) is 0 Å². The molecule has 2 bridgehead atoms. The van der Waals surface area contributed by atoms with Gasteiger partial charge in [-0.15, -0.1) is 0 Å². The molecule has 2 aromatic rings. The van der Waals surface area contributed by atoms with Crippen LogP contribution in [0, 0.1) is 16.7 Å². The molecule has 2 saturated carbocycles. The van der Waals surface area contributed by atoms with Crippen LogP contribution in [0.15, 0.2) is 52.5 Å². The molecule has 2 aromatic carbocycles. The van der Waals surface area contributed by atoms with Gasteiger partial charge >= 0.3 is 0 Å². The second-order valence-corrected chi connectivity index (χ2v) is 9.82. The van der Waals surface area contributed by atoms with E-state index < -0.39 is 10.0 Å². The van der Waals surface area contributed by atoms with Crippen LogP contribution in [-0.4, -0.2) is 14.1 Å². The minimum absolute atomic E-state index is 0.0103. The molecule has 4 nitrogen and oxygen atoms in total. The third-order valence-electron chi connectivity index (χ3n) is 6.84. The number of sulfonamides is 1. The molecule has 0 heterocycles.